The van der Waals surface area contributed by atoms with Crippen molar-refractivity contribution in [2.45, 2.75) is 26.3 Å². The van der Waals surface area contributed by atoms with Crippen LogP contribution in [0.2, 0.25) is 0 Å². The molecule has 1 aliphatic rings. The van der Waals surface area contributed by atoms with E-state index in [-0.39, 0.29) is 5.56 Å². The average Bonchev–Trinajstić information content (AvgIpc) is 3.26. The van der Waals surface area contributed by atoms with Crippen molar-refractivity contribution in [1.29, 1.82) is 0 Å². The molecule has 0 unspecified atom stereocenters. The third-order valence-electron chi connectivity index (χ3n) is 5.00. The van der Waals surface area contributed by atoms with E-state index in [2.05, 4.69) is 15.8 Å². The minimum absolute atomic E-state index is 0.0859. The second-order valence-electron chi connectivity index (χ2n) is 7.10. The molecule has 0 atom stereocenters. The van der Waals surface area contributed by atoms with Crippen LogP contribution in [0.15, 0.2) is 53.3 Å². The van der Waals surface area contributed by atoms with Crippen molar-refractivity contribution >= 4 is 28.8 Å². The third-order valence-corrected chi connectivity index (χ3v) is 5.00. The largest absolute Gasteiger partial charge is 0.494 e. The summed E-state index contributed by atoms with van der Waals surface area (Å²) in [5, 5.41) is 0.476. The lowest BCUT2D eigenvalue weighted by atomic mass is 10.1. The Morgan fingerprint density at radius 1 is 1.16 bits per heavy atom. The molecule has 1 aliphatic heterocycles. The number of carbonyl (C=O) groups excluding carboxylic acids is 2. The summed E-state index contributed by atoms with van der Waals surface area (Å²) >= 11 is 0. The summed E-state index contributed by atoms with van der Waals surface area (Å²) in [4.78, 5) is 41.4. The molecule has 3 aromatic rings. The first-order valence-electron chi connectivity index (χ1n) is 10.1. The van der Waals surface area contributed by atoms with E-state index < -0.39 is 11.8 Å². The van der Waals surface area contributed by atoms with Gasteiger partial charge in [-0.2, -0.15) is 0 Å². The second kappa shape index (κ2) is 8.83. The molecule has 2 heterocycles. The number of amides is 2. The molecule has 2 N–H and O–H groups in total. The molecule has 0 bridgehead atoms. The normalized spacial score (nSPS) is 12.7. The Morgan fingerprint density at radius 2 is 1.97 bits per heavy atom. The third kappa shape index (κ3) is 4.48. The van der Waals surface area contributed by atoms with Gasteiger partial charge in [-0.05, 0) is 55.3 Å². The van der Waals surface area contributed by atoms with Gasteiger partial charge in [0.15, 0.2) is 0 Å². The van der Waals surface area contributed by atoms with Crippen molar-refractivity contribution < 1.29 is 14.3 Å². The van der Waals surface area contributed by atoms with Gasteiger partial charge in [0.25, 0.3) is 17.4 Å². The van der Waals surface area contributed by atoms with E-state index in [0.29, 0.717) is 29.6 Å². The Kier molecular flexibility index (Phi) is 5.79. The van der Waals surface area contributed by atoms with Crippen molar-refractivity contribution in [1.82, 2.24) is 20.4 Å². The molecular formula is C23H22N4O4. The Bertz CT molecular complexity index is 1230. The van der Waals surface area contributed by atoms with Crippen LogP contribution in [0.25, 0.3) is 17.0 Å². The first-order valence-corrected chi connectivity index (χ1v) is 10.1. The summed E-state index contributed by atoms with van der Waals surface area (Å²) in [6, 6.07) is 12.0. The Hall–Kier alpha value is -3.94. The molecule has 0 fully saturated rings. The van der Waals surface area contributed by atoms with E-state index in [4.69, 9.17) is 4.74 Å². The lowest BCUT2D eigenvalue weighted by Gasteiger charge is -2.08. The van der Waals surface area contributed by atoms with Crippen molar-refractivity contribution in [3.8, 4) is 5.75 Å². The molecule has 4 rings (SSSR count). The van der Waals surface area contributed by atoms with Gasteiger partial charge in [-0.1, -0.05) is 12.1 Å². The molecule has 0 radical (unpaired) electrons. The first kappa shape index (κ1) is 20.3. The van der Waals surface area contributed by atoms with Crippen LogP contribution in [0.4, 0.5) is 0 Å². The van der Waals surface area contributed by atoms with Gasteiger partial charge in [0, 0.05) is 24.6 Å². The fraction of sp³-hybridized carbons (Fsp3) is 0.217. The van der Waals surface area contributed by atoms with Crippen LogP contribution in [0, 0.1) is 0 Å². The molecule has 31 heavy (non-hydrogen) atoms. The number of nitrogens with one attached hydrogen (secondary N) is 2. The van der Waals surface area contributed by atoms with Crippen LogP contribution < -0.4 is 21.1 Å². The number of hydrazine groups is 1. The molecule has 0 aliphatic carbocycles. The molecule has 158 valence electrons. The number of hydrogen-bond acceptors (Lipinski definition) is 5. The van der Waals surface area contributed by atoms with Gasteiger partial charge < -0.3 is 4.74 Å². The Morgan fingerprint density at radius 3 is 2.74 bits per heavy atom. The summed E-state index contributed by atoms with van der Waals surface area (Å²) in [7, 11) is 0. The maximum Gasteiger partial charge on any atom is 0.269 e. The summed E-state index contributed by atoms with van der Waals surface area (Å²) in [5.74, 6) is 0.529. The van der Waals surface area contributed by atoms with Gasteiger partial charge in [-0.15, -0.1) is 0 Å². The number of nitrogens with zero attached hydrogens (tertiary/aromatic N) is 2. The van der Waals surface area contributed by atoms with Crippen LogP contribution in [0.3, 0.4) is 0 Å². The van der Waals surface area contributed by atoms with E-state index in [9.17, 15) is 14.4 Å². The van der Waals surface area contributed by atoms with Crippen molar-refractivity contribution in [2.24, 2.45) is 0 Å². The lowest BCUT2D eigenvalue weighted by Crippen LogP contribution is -2.40. The second-order valence-corrected chi connectivity index (χ2v) is 7.10. The highest BCUT2D eigenvalue weighted by Gasteiger charge is 2.17. The van der Waals surface area contributed by atoms with Gasteiger partial charge in [0.1, 0.15) is 11.6 Å². The number of benzene rings is 2. The minimum Gasteiger partial charge on any atom is -0.494 e. The molecule has 2 aromatic carbocycles. The van der Waals surface area contributed by atoms with Crippen molar-refractivity contribution in [3.05, 3.63) is 75.8 Å². The zero-order valence-corrected chi connectivity index (χ0v) is 17.1. The van der Waals surface area contributed by atoms with Crippen LogP contribution in [-0.4, -0.2) is 28.0 Å². The fourth-order valence-electron chi connectivity index (χ4n) is 3.47. The fourth-order valence-corrected chi connectivity index (χ4v) is 3.47. The zero-order valence-electron chi connectivity index (χ0n) is 17.1. The van der Waals surface area contributed by atoms with Crippen LogP contribution in [0.1, 0.15) is 35.1 Å². The zero-order chi connectivity index (χ0) is 21.8. The van der Waals surface area contributed by atoms with Gasteiger partial charge in [0.2, 0.25) is 0 Å². The van der Waals surface area contributed by atoms with E-state index in [0.717, 1.165) is 30.0 Å². The molecular weight excluding hydrogens is 396 g/mol. The summed E-state index contributed by atoms with van der Waals surface area (Å²) in [6.45, 7) is 3.17. The van der Waals surface area contributed by atoms with Gasteiger partial charge in [-0.25, -0.2) is 4.98 Å². The smallest absolute Gasteiger partial charge is 0.269 e. The van der Waals surface area contributed by atoms with Gasteiger partial charge in [0.05, 0.1) is 17.5 Å². The number of aromatic nitrogens is 2. The number of fused-ring (bicyclic) bond motifs is 2. The monoisotopic (exact) mass is 418 g/mol. The molecule has 0 spiro atoms. The van der Waals surface area contributed by atoms with E-state index in [1.54, 1.807) is 28.8 Å². The highest BCUT2D eigenvalue weighted by atomic mass is 16.5. The number of carbonyl (C=O) groups is 2. The maximum atomic E-state index is 12.5. The Labute approximate surface area is 178 Å². The number of hydrogen-bond donors (Lipinski definition) is 2. The lowest BCUT2D eigenvalue weighted by molar-refractivity contribution is -0.117. The van der Waals surface area contributed by atoms with Gasteiger partial charge in [-0.3, -0.25) is 29.8 Å². The van der Waals surface area contributed by atoms with E-state index in [1.807, 2.05) is 31.2 Å². The quantitative estimate of drug-likeness (QED) is 0.489. The van der Waals surface area contributed by atoms with E-state index in [1.165, 1.54) is 6.08 Å². The predicted octanol–water partition coefficient (Wildman–Crippen LogP) is 2.22. The summed E-state index contributed by atoms with van der Waals surface area (Å²) in [6.07, 6.45) is 4.59. The van der Waals surface area contributed by atoms with E-state index >= 15 is 0 Å². The molecule has 8 heteroatoms. The highest BCUT2D eigenvalue weighted by Crippen LogP contribution is 2.16. The molecule has 0 saturated heterocycles. The number of aryl methyl sites for hydroxylation is 1. The minimum atomic E-state index is -0.493. The standard InChI is InChI=1S/C23H22N4O4/c1-2-31-17-9-5-15(6-10-17)7-12-21(28)25-26-22(29)16-8-11-18-19(14-16)24-20-4-3-13-27(20)23(18)30/h5-12,14H,2-4,13H2,1H3,(H,25,28)(H,26,29)/b12-7+. The molecule has 8 nitrogen and oxygen atoms in total. The van der Waals surface area contributed by atoms with Gasteiger partial charge >= 0.3 is 0 Å². The highest BCUT2D eigenvalue weighted by molar-refractivity contribution is 6.00. The summed E-state index contributed by atoms with van der Waals surface area (Å²) < 4.78 is 7.05. The van der Waals surface area contributed by atoms with Crippen LogP contribution in [-0.2, 0) is 17.8 Å². The topological polar surface area (TPSA) is 102 Å². The van der Waals surface area contributed by atoms with Crippen LogP contribution >= 0.6 is 0 Å². The SMILES string of the molecule is CCOc1ccc(/C=C/C(=O)NNC(=O)c2ccc3c(=O)n4c(nc3c2)CCC4)cc1. The first-order chi connectivity index (χ1) is 15.0. The Balaban J connectivity index is 1.39. The average molecular weight is 418 g/mol. The molecule has 2 amide bonds. The number of rotatable bonds is 5. The van der Waals surface area contributed by atoms with Crippen molar-refractivity contribution in [2.75, 3.05) is 6.61 Å². The molecule has 0 saturated carbocycles. The van der Waals surface area contributed by atoms with Crippen molar-refractivity contribution in [3.63, 3.8) is 0 Å². The summed E-state index contributed by atoms with van der Waals surface area (Å²) in [5.41, 5.74) is 6.24. The maximum absolute atomic E-state index is 12.5. The predicted molar refractivity (Wildman–Crippen MR) is 117 cm³/mol. The number of ether oxygens (including phenoxy) is 1. The van der Waals surface area contributed by atoms with Crippen LogP contribution in [0.5, 0.6) is 5.75 Å². The molecule has 1 aromatic heterocycles.